The summed E-state index contributed by atoms with van der Waals surface area (Å²) in [6, 6.07) is 1.13. The first-order valence-corrected chi connectivity index (χ1v) is 9.50. The number of rotatable bonds is 3. The van der Waals surface area contributed by atoms with Gasteiger partial charge < -0.3 is 0 Å². The van der Waals surface area contributed by atoms with Crippen molar-refractivity contribution in [2.45, 2.75) is 48.4 Å². The molecule has 0 bridgehead atoms. The second-order valence-corrected chi connectivity index (χ2v) is 9.10. The fraction of sp³-hybridized carbons (Fsp3) is 0.636. The number of sulfonamides is 1. The van der Waals surface area contributed by atoms with E-state index in [1.165, 1.54) is 6.07 Å². The lowest BCUT2D eigenvalue weighted by molar-refractivity contribution is 0.514. The van der Waals surface area contributed by atoms with Gasteiger partial charge in [-0.05, 0) is 18.9 Å². The fourth-order valence-electron chi connectivity index (χ4n) is 2.17. The number of halogens is 3. The van der Waals surface area contributed by atoms with E-state index in [0.717, 1.165) is 43.4 Å². The predicted octanol–water partition coefficient (Wildman–Crippen LogP) is 4.27. The fourth-order valence-corrected chi connectivity index (χ4v) is 6.04. The topological polar surface area (TPSA) is 46.2 Å². The Hall–Kier alpha value is 0.480. The molecule has 2 rings (SSSR count). The molecule has 108 valence electrons. The van der Waals surface area contributed by atoms with Crippen LogP contribution in [0.25, 0.3) is 0 Å². The van der Waals surface area contributed by atoms with Gasteiger partial charge in [0.25, 0.3) is 0 Å². The van der Waals surface area contributed by atoms with Crippen molar-refractivity contribution in [2.75, 3.05) is 0 Å². The molecule has 0 saturated heterocycles. The third-order valence-electron chi connectivity index (χ3n) is 3.15. The van der Waals surface area contributed by atoms with Gasteiger partial charge >= 0.3 is 0 Å². The highest BCUT2D eigenvalue weighted by atomic mass is 35.5. The summed E-state index contributed by atoms with van der Waals surface area (Å²) in [7, 11) is -3.66. The highest BCUT2D eigenvalue weighted by molar-refractivity contribution is 7.89. The van der Waals surface area contributed by atoms with Gasteiger partial charge in [0, 0.05) is 11.4 Å². The van der Waals surface area contributed by atoms with Gasteiger partial charge in [-0.3, -0.25) is 0 Å². The summed E-state index contributed by atoms with van der Waals surface area (Å²) >= 11 is 19.0. The Morgan fingerprint density at radius 1 is 1.21 bits per heavy atom. The van der Waals surface area contributed by atoms with Crippen molar-refractivity contribution in [3.8, 4) is 0 Å². The van der Waals surface area contributed by atoms with E-state index in [0.29, 0.717) is 4.34 Å². The molecular weight excluding hydrogens is 349 g/mol. The number of hydrogen-bond donors (Lipinski definition) is 1. The third-order valence-corrected chi connectivity index (χ3v) is 6.92. The predicted molar refractivity (Wildman–Crippen MR) is 81.2 cm³/mol. The summed E-state index contributed by atoms with van der Waals surface area (Å²) in [5.74, 6) is 0. The molecule has 0 aromatic carbocycles. The Labute approximate surface area is 132 Å². The summed E-state index contributed by atoms with van der Waals surface area (Å²) in [5.41, 5.74) is 0. The maximum atomic E-state index is 12.3. The minimum atomic E-state index is -3.66. The average Bonchev–Trinajstić information content (AvgIpc) is 2.54. The molecule has 0 aliphatic heterocycles. The molecule has 1 heterocycles. The van der Waals surface area contributed by atoms with Gasteiger partial charge in [0.2, 0.25) is 10.0 Å². The molecule has 19 heavy (non-hydrogen) atoms. The van der Waals surface area contributed by atoms with Crippen LogP contribution in [0.3, 0.4) is 0 Å². The van der Waals surface area contributed by atoms with Gasteiger partial charge in [0.15, 0.2) is 0 Å². The molecule has 2 unspecified atom stereocenters. The van der Waals surface area contributed by atoms with E-state index >= 15 is 0 Å². The van der Waals surface area contributed by atoms with Crippen molar-refractivity contribution in [3.63, 3.8) is 0 Å². The van der Waals surface area contributed by atoms with E-state index in [2.05, 4.69) is 4.72 Å². The average molecular weight is 363 g/mol. The molecule has 0 radical (unpaired) electrons. The quantitative estimate of drug-likeness (QED) is 0.644. The van der Waals surface area contributed by atoms with Crippen LogP contribution in [-0.4, -0.2) is 19.8 Å². The number of nitrogens with one attached hydrogen (secondary N) is 1. The molecule has 1 fully saturated rings. The summed E-state index contributed by atoms with van der Waals surface area (Å²) in [5, 5.41) is -0.176. The number of thiophene rings is 1. The zero-order chi connectivity index (χ0) is 14.0. The molecule has 1 aromatic rings. The van der Waals surface area contributed by atoms with E-state index in [9.17, 15) is 8.42 Å². The minimum absolute atomic E-state index is 0.0391. The van der Waals surface area contributed by atoms with Gasteiger partial charge in [-0.1, -0.05) is 42.5 Å². The second kappa shape index (κ2) is 6.50. The number of alkyl halides is 1. The lowest BCUT2D eigenvalue weighted by atomic mass is 10.1. The first-order chi connectivity index (χ1) is 8.90. The lowest BCUT2D eigenvalue weighted by Crippen LogP contribution is -2.40. The standard InChI is InChI=1S/C11H14Cl3NO2S2/c12-7-4-2-1-3-5-8(7)15-19(16,17)9-6-10(13)18-11(9)14/h6-8,15H,1-5H2. The molecule has 8 heteroatoms. The molecule has 1 aliphatic carbocycles. The van der Waals surface area contributed by atoms with Crippen molar-refractivity contribution in [1.82, 2.24) is 4.72 Å². The smallest absolute Gasteiger partial charge is 0.207 e. The van der Waals surface area contributed by atoms with Crippen molar-refractivity contribution in [3.05, 3.63) is 14.7 Å². The normalized spacial score (nSPS) is 25.2. The third kappa shape index (κ3) is 3.99. The van der Waals surface area contributed by atoms with Crippen molar-refractivity contribution >= 4 is 56.2 Å². The van der Waals surface area contributed by atoms with Gasteiger partial charge in [-0.25, -0.2) is 13.1 Å². The van der Waals surface area contributed by atoms with Crippen LogP contribution < -0.4 is 4.72 Å². The minimum Gasteiger partial charge on any atom is -0.207 e. The van der Waals surface area contributed by atoms with Gasteiger partial charge in [-0.15, -0.1) is 22.9 Å². The Bertz CT molecular complexity index is 544. The highest BCUT2D eigenvalue weighted by Crippen LogP contribution is 2.34. The molecule has 1 aromatic heterocycles. The Kier molecular flexibility index (Phi) is 5.42. The summed E-state index contributed by atoms with van der Waals surface area (Å²) in [4.78, 5) is 0.0391. The van der Waals surface area contributed by atoms with Gasteiger partial charge in [0.1, 0.15) is 9.23 Å². The van der Waals surface area contributed by atoms with E-state index < -0.39 is 10.0 Å². The largest absolute Gasteiger partial charge is 0.243 e. The van der Waals surface area contributed by atoms with Crippen LogP contribution in [-0.2, 0) is 10.0 Å². The van der Waals surface area contributed by atoms with Crippen molar-refractivity contribution in [2.24, 2.45) is 0 Å². The highest BCUT2D eigenvalue weighted by Gasteiger charge is 2.29. The zero-order valence-electron chi connectivity index (χ0n) is 10.0. The molecule has 0 amide bonds. The molecule has 2 atom stereocenters. The van der Waals surface area contributed by atoms with Crippen molar-refractivity contribution in [1.29, 1.82) is 0 Å². The van der Waals surface area contributed by atoms with Gasteiger partial charge in [-0.2, -0.15) is 0 Å². The molecule has 0 spiro atoms. The zero-order valence-corrected chi connectivity index (χ0v) is 13.9. The van der Waals surface area contributed by atoms with Crippen LogP contribution in [0.5, 0.6) is 0 Å². The Balaban J connectivity index is 2.18. The van der Waals surface area contributed by atoms with Crippen LogP contribution in [0.1, 0.15) is 32.1 Å². The monoisotopic (exact) mass is 361 g/mol. The van der Waals surface area contributed by atoms with Crippen LogP contribution >= 0.6 is 46.1 Å². The molecule has 1 N–H and O–H groups in total. The lowest BCUT2D eigenvalue weighted by Gasteiger charge is -2.20. The first-order valence-electron chi connectivity index (χ1n) is 6.01. The Morgan fingerprint density at radius 3 is 2.53 bits per heavy atom. The summed E-state index contributed by atoms with van der Waals surface area (Å²) < 4.78 is 27.8. The first kappa shape index (κ1) is 15.9. The van der Waals surface area contributed by atoms with Crippen molar-refractivity contribution < 1.29 is 8.42 Å². The number of hydrogen-bond acceptors (Lipinski definition) is 3. The summed E-state index contributed by atoms with van der Waals surface area (Å²) in [6.45, 7) is 0. The molecule has 1 saturated carbocycles. The van der Waals surface area contributed by atoms with Gasteiger partial charge in [0.05, 0.1) is 4.34 Å². The van der Waals surface area contributed by atoms with Crippen LogP contribution in [0.4, 0.5) is 0 Å². The maximum Gasteiger partial charge on any atom is 0.243 e. The molecule has 1 aliphatic rings. The van der Waals surface area contributed by atoms with E-state index in [1.807, 2.05) is 0 Å². The maximum absolute atomic E-state index is 12.3. The van der Waals surface area contributed by atoms with E-state index in [-0.39, 0.29) is 20.7 Å². The van der Waals surface area contributed by atoms with Crippen LogP contribution in [0, 0.1) is 0 Å². The van der Waals surface area contributed by atoms with E-state index in [1.54, 1.807) is 0 Å². The molecular formula is C11H14Cl3NO2S2. The second-order valence-electron chi connectivity index (χ2n) is 4.57. The van der Waals surface area contributed by atoms with E-state index in [4.69, 9.17) is 34.8 Å². The van der Waals surface area contributed by atoms with Crippen LogP contribution in [0.2, 0.25) is 8.67 Å². The Morgan fingerprint density at radius 2 is 1.89 bits per heavy atom. The van der Waals surface area contributed by atoms with Crippen LogP contribution in [0.15, 0.2) is 11.0 Å². The SMILES string of the molecule is O=S(=O)(NC1CCCCCC1Cl)c1cc(Cl)sc1Cl. The summed E-state index contributed by atoms with van der Waals surface area (Å²) in [6.07, 6.45) is 4.69. The molecule has 3 nitrogen and oxygen atoms in total.